The Balaban J connectivity index is 2.13. The number of nitrogens with one attached hydrogen (secondary N) is 1. The van der Waals surface area contributed by atoms with E-state index in [0.29, 0.717) is 0 Å². The molecule has 10 heteroatoms. The minimum Gasteiger partial charge on any atom is -0.433 e. The van der Waals surface area contributed by atoms with Crippen LogP contribution in [0.2, 0.25) is 0 Å². The Morgan fingerprint density at radius 3 is 2.75 bits per heavy atom. The van der Waals surface area contributed by atoms with Gasteiger partial charge < -0.3 is 10.1 Å². The van der Waals surface area contributed by atoms with Crippen molar-refractivity contribution in [3.63, 3.8) is 0 Å². The number of alkyl halides is 2. The van der Waals surface area contributed by atoms with E-state index in [9.17, 15) is 23.7 Å². The lowest BCUT2D eigenvalue weighted by atomic mass is 10.2. The summed E-state index contributed by atoms with van der Waals surface area (Å²) in [6.45, 7) is -0.166. The van der Waals surface area contributed by atoms with Crippen LogP contribution in [0, 0.1) is 24.0 Å². The molecule has 24 heavy (non-hydrogen) atoms. The van der Waals surface area contributed by atoms with Gasteiger partial charge in [0.05, 0.1) is 10.6 Å². The van der Waals surface area contributed by atoms with Crippen LogP contribution in [-0.4, -0.2) is 27.2 Å². The molecule has 2 rings (SSSR count). The van der Waals surface area contributed by atoms with Crippen molar-refractivity contribution >= 4 is 17.3 Å². The third-order valence-electron chi connectivity index (χ3n) is 3.05. The van der Waals surface area contributed by atoms with Crippen LogP contribution >= 0.6 is 0 Å². The second-order valence-corrected chi connectivity index (χ2v) is 4.98. The molecule has 128 valence electrons. The molecule has 1 heterocycles. The van der Waals surface area contributed by atoms with Crippen LogP contribution in [0.15, 0.2) is 24.4 Å². The second-order valence-electron chi connectivity index (χ2n) is 4.98. The first-order valence-corrected chi connectivity index (χ1v) is 6.80. The third kappa shape index (κ3) is 4.24. The molecule has 0 radical (unpaired) electrons. The number of halogens is 2. The van der Waals surface area contributed by atoms with Crippen LogP contribution in [0.25, 0.3) is 0 Å². The molecule has 0 fully saturated rings. The molecule has 0 saturated heterocycles. The lowest BCUT2D eigenvalue weighted by Gasteiger charge is -2.12. The number of anilines is 1. The topological polar surface area (TPSA) is 99.3 Å². The summed E-state index contributed by atoms with van der Waals surface area (Å²) in [4.78, 5) is 22.2. The molecule has 0 spiro atoms. The van der Waals surface area contributed by atoms with E-state index >= 15 is 0 Å². The predicted molar refractivity (Wildman–Crippen MR) is 80.1 cm³/mol. The van der Waals surface area contributed by atoms with Gasteiger partial charge in [-0.3, -0.25) is 19.6 Å². The van der Waals surface area contributed by atoms with Gasteiger partial charge in [-0.25, -0.2) is 0 Å². The maximum Gasteiger partial charge on any atom is 0.387 e. The smallest absolute Gasteiger partial charge is 0.387 e. The van der Waals surface area contributed by atoms with E-state index in [1.54, 1.807) is 13.0 Å². The third-order valence-corrected chi connectivity index (χ3v) is 3.05. The van der Waals surface area contributed by atoms with Crippen LogP contribution in [0.1, 0.15) is 11.3 Å². The van der Waals surface area contributed by atoms with E-state index in [4.69, 9.17) is 0 Å². The van der Waals surface area contributed by atoms with Gasteiger partial charge in [0.2, 0.25) is 5.91 Å². The van der Waals surface area contributed by atoms with Crippen molar-refractivity contribution < 1.29 is 23.2 Å². The minimum atomic E-state index is -3.03. The van der Waals surface area contributed by atoms with Crippen LogP contribution in [0.3, 0.4) is 0 Å². The standard InChI is InChI=1S/C14H14F2N4O4/c1-8-3-4-12(24-14(15)16)10(5-8)17-13(21)7-19-6-11(20(22)23)9(2)18-19/h3-6,14H,7H2,1-2H3,(H,17,21). The molecule has 0 aliphatic rings. The lowest BCUT2D eigenvalue weighted by molar-refractivity contribution is -0.385. The maximum atomic E-state index is 12.4. The Labute approximate surface area is 135 Å². The number of hydrogen-bond acceptors (Lipinski definition) is 5. The molecule has 0 unspecified atom stereocenters. The molecular weight excluding hydrogens is 326 g/mol. The molecule has 1 amide bonds. The number of ether oxygens (including phenoxy) is 1. The summed E-state index contributed by atoms with van der Waals surface area (Å²) in [5.74, 6) is -0.760. The Morgan fingerprint density at radius 2 is 2.17 bits per heavy atom. The molecule has 1 aromatic carbocycles. The van der Waals surface area contributed by atoms with Crippen molar-refractivity contribution in [3.05, 3.63) is 45.8 Å². The number of amides is 1. The zero-order chi connectivity index (χ0) is 17.9. The Hall–Kier alpha value is -3.04. The molecule has 0 saturated carbocycles. The summed E-state index contributed by atoms with van der Waals surface area (Å²) in [7, 11) is 0. The largest absolute Gasteiger partial charge is 0.433 e. The fourth-order valence-corrected chi connectivity index (χ4v) is 2.04. The molecule has 1 aromatic heterocycles. The molecule has 2 aromatic rings. The van der Waals surface area contributed by atoms with E-state index in [0.717, 1.165) is 16.4 Å². The van der Waals surface area contributed by atoms with Gasteiger partial charge in [-0.05, 0) is 31.5 Å². The van der Waals surface area contributed by atoms with Gasteiger partial charge >= 0.3 is 12.3 Å². The number of aryl methyl sites for hydroxylation is 2. The van der Waals surface area contributed by atoms with Gasteiger partial charge in [0.25, 0.3) is 0 Å². The van der Waals surface area contributed by atoms with Gasteiger partial charge in [-0.1, -0.05) is 6.07 Å². The fraction of sp³-hybridized carbons (Fsp3) is 0.286. The van der Waals surface area contributed by atoms with Crippen molar-refractivity contribution in [1.82, 2.24) is 9.78 Å². The quantitative estimate of drug-likeness (QED) is 0.644. The van der Waals surface area contributed by atoms with Crippen molar-refractivity contribution in [2.24, 2.45) is 0 Å². The first kappa shape index (κ1) is 17.3. The number of carbonyl (C=O) groups excluding carboxylic acids is 1. The molecule has 0 aliphatic carbocycles. The molecule has 0 bridgehead atoms. The highest BCUT2D eigenvalue weighted by atomic mass is 19.3. The number of aromatic nitrogens is 2. The number of nitro groups is 1. The average Bonchev–Trinajstić information content (AvgIpc) is 2.82. The average molecular weight is 340 g/mol. The van der Waals surface area contributed by atoms with Gasteiger partial charge in [0.1, 0.15) is 24.2 Å². The monoisotopic (exact) mass is 340 g/mol. The van der Waals surface area contributed by atoms with Crippen molar-refractivity contribution in [1.29, 1.82) is 0 Å². The Morgan fingerprint density at radius 1 is 1.46 bits per heavy atom. The van der Waals surface area contributed by atoms with Crippen LogP contribution < -0.4 is 10.1 Å². The lowest BCUT2D eigenvalue weighted by Crippen LogP contribution is -2.20. The van der Waals surface area contributed by atoms with Crippen molar-refractivity contribution in [2.45, 2.75) is 27.0 Å². The van der Waals surface area contributed by atoms with E-state index < -0.39 is 17.4 Å². The minimum absolute atomic E-state index is 0.0821. The number of rotatable bonds is 6. The number of carbonyl (C=O) groups is 1. The van der Waals surface area contributed by atoms with Crippen LogP contribution in [-0.2, 0) is 11.3 Å². The summed E-state index contributed by atoms with van der Waals surface area (Å²) in [6.07, 6.45) is 1.13. The number of hydrogen-bond donors (Lipinski definition) is 1. The zero-order valence-corrected chi connectivity index (χ0v) is 12.8. The predicted octanol–water partition coefficient (Wildman–Crippen LogP) is 2.65. The normalized spacial score (nSPS) is 10.7. The number of nitrogens with zero attached hydrogens (tertiary/aromatic N) is 3. The SMILES string of the molecule is Cc1ccc(OC(F)F)c(NC(=O)Cn2cc([N+](=O)[O-])c(C)n2)c1. The van der Waals surface area contributed by atoms with Crippen molar-refractivity contribution in [3.8, 4) is 5.75 Å². The van der Waals surface area contributed by atoms with E-state index in [1.807, 2.05) is 0 Å². The summed E-state index contributed by atoms with van der Waals surface area (Å²) in [5, 5.41) is 17.1. The highest BCUT2D eigenvalue weighted by Crippen LogP contribution is 2.27. The molecule has 8 nitrogen and oxygen atoms in total. The first-order valence-electron chi connectivity index (χ1n) is 6.80. The van der Waals surface area contributed by atoms with Crippen molar-refractivity contribution in [2.75, 3.05) is 5.32 Å². The van der Waals surface area contributed by atoms with Gasteiger partial charge in [-0.15, -0.1) is 0 Å². The summed E-state index contributed by atoms with van der Waals surface area (Å²) in [5.41, 5.74) is 0.779. The van der Waals surface area contributed by atoms with E-state index in [1.165, 1.54) is 19.1 Å². The molecule has 1 N–H and O–H groups in total. The number of benzene rings is 1. The Kier molecular flexibility index (Phi) is 5.07. The van der Waals surface area contributed by atoms with E-state index in [-0.39, 0.29) is 29.4 Å². The van der Waals surface area contributed by atoms with Gasteiger partial charge in [0.15, 0.2) is 0 Å². The highest BCUT2D eigenvalue weighted by molar-refractivity contribution is 5.92. The van der Waals surface area contributed by atoms with Gasteiger partial charge in [0, 0.05) is 0 Å². The first-order chi connectivity index (χ1) is 11.3. The Bertz CT molecular complexity index is 776. The maximum absolute atomic E-state index is 12.4. The van der Waals surface area contributed by atoms with Crippen LogP contribution in [0.4, 0.5) is 20.2 Å². The van der Waals surface area contributed by atoms with Gasteiger partial charge in [-0.2, -0.15) is 13.9 Å². The molecule has 0 atom stereocenters. The highest BCUT2D eigenvalue weighted by Gasteiger charge is 2.18. The summed E-state index contributed by atoms with van der Waals surface area (Å²) < 4.78 is 30.2. The molecule has 0 aliphatic heterocycles. The zero-order valence-electron chi connectivity index (χ0n) is 12.8. The second kappa shape index (κ2) is 7.02. The van der Waals surface area contributed by atoms with E-state index in [2.05, 4.69) is 15.2 Å². The fourth-order valence-electron chi connectivity index (χ4n) is 2.04. The summed E-state index contributed by atoms with van der Waals surface area (Å²) in [6, 6.07) is 4.36. The van der Waals surface area contributed by atoms with Crippen LogP contribution in [0.5, 0.6) is 5.75 Å². The molecular formula is C14H14F2N4O4. The summed E-state index contributed by atoms with van der Waals surface area (Å²) >= 11 is 0.